The Balaban J connectivity index is 2.03. The van der Waals surface area contributed by atoms with Crippen LogP contribution in [0, 0.1) is 11.6 Å². The number of thiazole rings is 1. The fourth-order valence-electron chi connectivity index (χ4n) is 2.63. The lowest BCUT2D eigenvalue weighted by Crippen LogP contribution is -2.42. The molecule has 1 aromatic carbocycles. The molecule has 29 heavy (non-hydrogen) atoms. The van der Waals surface area contributed by atoms with Gasteiger partial charge < -0.3 is 4.55 Å². The van der Waals surface area contributed by atoms with E-state index in [-0.39, 0.29) is 6.42 Å². The Labute approximate surface area is 188 Å². The number of pyridine rings is 1. The molecule has 0 spiro atoms. The van der Waals surface area contributed by atoms with E-state index in [1.165, 1.54) is 35.2 Å². The van der Waals surface area contributed by atoms with Crippen LogP contribution in [0.25, 0.3) is 10.3 Å². The first-order valence-corrected chi connectivity index (χ1v) is 12.7. The van der Waals surface area contributed by atoms with Crippen molar-refractivity contribution in [3.8, 4) is 0 Å². The monoisotopic (exact) mass is 519 g/mol. The molecule has 3 rings (SSSR count). The highest BCUT2D eigenvalue weighted by molar-refractivity contribution is 9.10. The summed E-state index contributed by atoms with van der Waals surface area (Å²) in [5.41, 5.74) is 1.64. The lowest BCUT2D eigenvalue weighted by atomic mass is 10.0. The lowest BCUT2D eigenvalue weighted by Gasteiger charge is -2.28. The number of hydrogen-bond donors (Lipinski definition) is 1. The second-order valence-corrected chi connectivity index (χ2v) is 12.3. The number of halogens is 3. The first kappa shape index (κ1) is 22.9. The Morgan fingerprint density at radius 2 is 1.86 bits per heavy atom. The summed E-state index contributed by atoms with van der Waals surface area (Å²) < 4.78 is 45.3. The van der Waals surface area contributed by atoms with Crippen LogP contribution < -0.4 is 4.72 Å². The molecule has 0 saturated heterocycles. The normalized spacial score (nSPS) is 14.3. The highest BCUT2D eigenvalue weighted by Crippen LogP contribution is 2.34. The standard InChI is InChI=1S/C19H20BrF2N3OS3/c1-19(2,3)29(26)25-14(7-10-5-11(21)8-12(22)6-10)16-13(20)9-15-17(23-16)24-18(27-4)28-15/h5-6,8-9,14,25H,7H2,1-4H3/t14-,29?/m0/s1. The average Bonchev–Trinajstić information content (AvgIpc) is 3.00. The third kappa shape index (κ3) is 5.68. The van der Waals surface area contributed by atoms with Crippen LogP contribution in [0.4, 0.5) is 8.78 Å². The summed E-state index contributed by atoms with van der Waals surface area (Å²) in [5, 5.41) is 0. The summed E-state index contributed by atoms with van der Waals surface area (Å²) in [4.78, 5) is 9.18. The zero-order chi connectivity index (χ0) is 21.3. The molecule has 2 atom stereocenters. The highest BCUT2D eigenvalue weighted by atomic mass is 79.9. The van der Waals surface area contributed by atoms with Crippen molar-refractivity contribution in [2.75, 3.05) is 6.26 Å². The van der Waals surface area contributed by atoms with Crippen molar-refractivity contribution in [1.29, 1.82) is 0 Å². The minimum Gasteiger partial charge on any atom is -0.598 e. The first-order chi connectivity index (χ1) is 13.6. The summed E-state index contributed by atoms with van der Waals surface area (Å²) in [6.45, 7) is 5.56. The summed E-state index contributed by atoms with van der Waals surface area (Å²) in [6.07, 6.45) is 2.16. The van der Waals surface area contributed by atoms with Crippen molar-refractivity contribution in [3.63, 3.8) is 0 Å². The van der Waals surface area contributed by atoms with E-state index in [2.05, 4.69) is 30.6 Å². The van der Waals surface area contributed by atoms with Gasteiger partial charge in [-0.15, -0.1) is 16.1 Å². The van der Waals surface area contributed by atoms with Gasteiger partial charge in [-0.2, -0.15) is 0 Å². The Hall–Kier alpha value is -0.780. The second-order valence-electron chi connectivity index (χ2n) is 7.39. The van der Waals surface area contributed by atoms with Crippen LogP contribution in [0.3, 0.4) is 0 Å². The maximum atomic E-state index is 13.7. The van der Waals surface area contributed by atoms with Gasteiger partial charge in [0.1, 0.15) is 16.4 Å². The molecule has 2 aromatic heterocycles. The van der Waals surface area contributed by atoms with Crippen molar-refractivity contribution in [2.24, 2.45) is 0 Å². The highest BCUT2D eigenvalue weighted by Gasteiger charge is 2.32. The quantitative estimate of drug-likeness (QED) is 0.329. The fourth-order valence-corrected chi connectivity index (χ4v) is 5.64. The van der Waals surface area contributed by atoms with Gasteiger partial charge in [0.2, 0.25) is 0 Å². The van der Waals surface area contributed by atoms with E-state index in [0.29, 0.717) is 16.9 Å². The van der Waals surface area contributed by atoms with Gasteiger partial charge in [0, 0.05) is 21.9 Å². The van der Waals surface area contributed by atoms with E-state index in [1.54, 1.807) is 0 Å². The van der Waals surface area contributed by atoms with E-state index in [4.69, 9.17) is 0 Å². The van der Waals surface area contributed by atoms with Crippen molar-refractivity contribution >= 4 is 60.7 Å². The Morgan fingerprint density at radius 1 is 1.21 bits per heavy atom. The molecule has 10 heteroatoms. The van der Waals surface area contributed by atoms with E-state index in [9.17, 15) is 13.3 Å². The molecular formula is C19H20BrF2N3OS3. The molecule has 2 heterocycles. The van der Waals surface area contributed by atoms with Crippen LogP contribution in [0.1, 0.15) is 38.1 Å². The van der Waals surface area contributed by atoms with Gasteiger partial charge in [-0.05, 0) is 73.1 Å². The van der Waals surface area contributed by atoms with Gasteiger partial charge in [0.25, 0.3) is 0 Å². The van der Waals surface area contributed by atoms with Gasteiger partial charge >= 0.3 is 0 Å². The van der Waals surface area contributed by atoms with Crippen molar-refractivity contribution in [3.05, 3.63) is 51.6 Å². The van der Waals surface area contributed by atoms with Crippen molar-refractivity contribution in [2.45, 2.75) is 42.3 Å². The van der Waals surface area contributed by atoms with Crippen LogP contribution in [-0.4, -0.2) is 25.5 Å². The van der Waals surface area contributed by atoms with Gasteiger partial charge in [0.05, 0.1) is 16.4 Å². The minimum atomic E-state index is -1.41. The van der Waals surface area contributed by atoms with Crippen LogP contribution in [-0.2, 0) is 17.8 Å². The summed E-state index contributed by atoms with van der Waals surface area (Å²) in [6, 6.07) is 4.78. The summed E-state index contributed by atoms with van der Waals surface area (Å²) in [7, 11) is 0. The molecule has 0 bridgehead atoms. The predicted molar refractivity (Wildman–Crippen MR) is 121 cm³/mol. The Morgan fingerprint density at radius 3 is 2.45 bits per heavy atom. The number of nitrogens with one attached hydrogen (secondary N) is 1. The van der Waals surface area contributed by atoms with E-state index in [0.717, 1.165) is 19.6 Å². The molecule has 1 N–H and O–H groups in total. The molecule has 4 nitrogen and oxygen atoms in total. The molecule has 0 saturated carbocycles. The van der Waals surface area contributed by atoms with Gasteiger partial charge in [-0.3, -0.25) is 0 Å². The van der Waals surface area contributed by atoms with E-state index < -0.39 is 33.8 Å². The van der Waals surface area contributed by atoms with Gasteiger partial charge in [0.15, 0.2) is 9.99 Å². The van der Waals surface area contributed by atoms with E-state index in [1.807, 2.05) is 33.1 Å². The summed E-state index contributed by atoms with van der Waals surface area (Å²) in [5.74, 6) is -1.30. The largest absolute Gasteiger partial charge is 0.598 e. The number of rotatable bonds is 6. The number of hydrogen-bond acceptors (Lipinski definition) is 6. The lowest BCUT2D eigenvalue weighted by molar-refractivity contribution is 0.516. The molecule has 1 unspecified atom stereocenters. The Kier molecular flexibility index (Phi) is 7.23. The predicted octanol–water partition coefficient (Wildman–Crippen LogP) is 5.79. The number of nitrogens with zero attached hydrogens (tertiary/aromatic N) is 2. The SMILES string of the molecule is CSc1nc2nc([C@H](Cc3cc(F)cc(F)c3)N[S+]([O-])C(C)(C)C)c(Br)cc2s1. The maximum absolute atomic E-state index is 13.7. The van der Waals surface area contributed by atoms with Gasteiger partial charge in [-0.25, -0.2) is 18.7 Å². The molecule has 0 radical (unpaired) electrons. The molecular weight excluding hydrogens is 500 g/mol. The van der Waals surface area contributed by atoms with Crippen LogP contribution in [0.15, 0.2) is 33.1 Å². The third-order valence-corrected chi connectivity index (χ3v) is 8.24. The second kappa shape index (κ2) is 9.15. The number of thioether (sulfide) groups is 1. The smallest absolute Gasteiger partial charge is 0.171 e. The molecule has 0 aliphatic heterocycles. The zero-order valence-electron chi connectivity index (χ0n) is 16.3. The maximum Gasteiger partial charge on any atom is 0.171 e. The van der Waals surface area contributed by atoms with Crippen LogP contribution >= 0.6 is 39.0 Å². The summed E-state index contributed by atoms with van der Waals surface area (Å²) >= 11 is 5.22. The van der Waals surface area contributed by atoms with Crippen LogP contribution in [0.5, 0.6) is 0 Å². The van der Waals surface area contributed by atoms with Crippen molar-refractivity contribution in [1.82, 2.24) is 14.7 Å². The Bertz CT molecular complexity index is 1010. The van der Waals surface area contributed by atoms with Crippen LogP contribution in [0.2, 0.25) is 0 Å². The average molecular weight is 520 g/mol. The molecule has 0 fully saturated rings. The number of fused-ring (bicyclic) bond motifs is 1. The minimum absolute atomic E-state index is 0.215. The topological polar surface area (TPSA) is 60.9 Å². The van der Waals surface area contributed by atoms with Crippen molar-refractivity contribution < 1.29 is 13.3 Å². The molecule has 3 aromatic rings. The third-order valence-electron chi connectivity index (χ3n) is 4.02. The molecule has 0 aliphatic rings. The van der Waals surface area contributed by atoms with E-state index >= 15 is 0 Å². The fraction of sp³-hybridized carbons (Fsp3) is 0.368. The molecule has 0 amide bonds. The first-order valence-electron chi connectivity index (χ1n) is 8.71. The number of benzene rings is 1. The van der Waals surface area contributed by atoms with Gasteiger partial charge in [-0.1, -0.05) is 11.8 Å². The molecule has 156 valence electrons. The molecule has 0 aliphatic carbocycles. The zero-order valence-corrected chi connectivity index (χ0v) is 20.3. The number of aromatic nitrogens is 2.